The summed E-state index contributed by atoms with van der Waals surface area (Å²) in [6, 6.07) is 6.03. The predicted octanol–water partition coefficient (Wildman–Crippen LogP) is 3.07. The molecule has 1 saturated heterocycles. The number of benzene rings is 1. The molecule has 1 aromatic rings. The number of hydrogen-bond donors (Lipinski definition) is 2. The Morgan fingerprint density at radius 3 is 2.83 bits per heavy atom. The van der Waals surface area contributed by atoms with Crippen LogP contribution in [-0.2, 0) is 9.59 Å². The summed E-state index contributed by atoms with van der Waals surface area (Å²) in [5.41, 5.74) is 3.02. The molecule has 0 saturated carbocycles. The Bertz CT molecular complexity index is 656. The third-order valence-electron chi connectivity index (χ3n) is 3.78. The SMILES string of the molecule is Cc1ccc(C)c(N=C2NC(=O)[C@@H](CC(=O)NCCC(C)C)S2)c1. The summed E-state index contributed by atoms with van der Waals surface area (Å²) in [5.74, 6) is 0.310. The first kappa shape index (κ1) is 18.5. The van der Waals surface area contributed by atoms with Crippen LogP contribution in [0.15, 0.2) is 23.2 Å². The zero-order chi connectivity index (χ0) is 17.7. The number of rotatable bonds is 6. The standard InChI is InChI=1S/C18H25N3O2S/c1-11(2)7-8-19-16(22)10-15-17(23)21-18(24-15)20-14-9-12(3)5-6-13(14)4/h5-6,9,11,15H,7-8,10H2,1-4H3,(H,19,22)(H,20,21,23)/t15-/m1/s1. The first-order valence-corrected chi connectivity index (χ1v) is 9.13. The topological polar surface area (TPSA) is 70.6 Å². The Morgan fingerprint density at radius 2 is 2.12 bits per heavy atom. The van der Waals surface area contributed by atoms with Crippen LogP contribution >= 0.6 is 11.8 Å². The number of amides is 2. The summed E-state index contributed by atoms with van der Waals surface area (Å²) in [7, 11) is 0. The monoisotopic (exact) mass is 347 g/mol. The number of nitrogens with zero attached hydrogens (tertiary/aromatic N) is 1. The second kappa shape index (κ2) is 8.33. The van der Waals surface area contributed by atoms with Crippen molar-refractivity contribution in [3.05, 3.63) is 29.3 Å². The molecule has 0 unspecified atom stereocenters. The summed E-state index contributed by atoms with van der Waals surface area (Å²) in [6.45, 7) is 8.87. The lowest BCUT2D eigenvalue weighted by molar-refractivity contribution is -0.125. The number of aryl methyl sites for hydroxylation is 2. The van der Waals surface area contributed by atoms with Crippen LogP contribution < -0.4 is 10.6 Å². The number of nitrogens with one attached hydrogen (secondary N) is 2. The van der Waals surface area contributed by atoms with Crippen LogP contribution in [0.25, 0.3) is 0 Å². The Balaban J connectivity index is 1.94. The second-order valence-corrected chi connectivity index (χ2v) is 7.73. The summed E-state index contributed by atoms with van der Waals surface area (Å²) >= 11 is 1.32. The van der Waals surface area contributed by atoms with Gasteiger partial charge >= 0.3 is 0 Å². The van der Waals surface area contributed by atoms with E-state index in [9.17, 15) is 9.59 Å². The molecule has 0 aromatic heterocycles. The molecule has 2 rings (SSSR count). The third kappa shape index (κ3) is 5.37. The fourth-order valence-corrected chi connectivity index (χ4v) is 3.26. The molecule has 6 heteroatoms. The fraction of sp³-hybridized carbons (Fsp3) is 0.500. The molecule has 1 heterocycles. The number of aliphatic imine (C=N–C) groups is 1. The minimum atomic E-state index is -0.409. The first-order valence-electron chi connectivity index (χ1n) is 8.25. The zero-order valence-corrected chi connectivity index (χ0v) is 15.5. The fourth-order valence-electron chi connectivity index (χ4n) is 2.28. The van der Waals surface area contributed by atoms with E-state index in [1.807, 2.05) is 32.0 Å². The van der Waals surface area contributed by atoms with Gasteiger partial charge in [-0.1, -0.05) is 37.7 Å². The van der Waals surface area contributed by atoms with E-state index in [0.29, 0.717) is 17.6 Å². The summed E-state index contributed by atoms with van der Waals surface area (Å²) < 4.78 is 0. The number of amidine groups is 1. The van der Waals surface area contributed by atoms with Gasteiger partial charge in [0.25, 0.3) is 0 Å². The van der Waals surface area contributed by atoms with Gasteiger partial charge in [0.1, 0.15) is 5.25 Å². The van der Waals surface area contributed by atoms with Crippen molar-refractivity contribution in [3.63, 3.8) is 0 Å². The van der Waals surface area contributed by atoms with Gasteiger partial charge in [-0.2, -0.15) is 0 Å². The molecular weight excluding hydrogens is 322 g/mol. The largest absolute Gasteiger partial charge is 0.356 e. The number of carbonyl (C=O) groups is 2. The van der Waals surface area contributed by atoms with E-state index in [1.165, 1.54) is 11.8 Å². The smallest absolute Gasteiger partial charge is 0.240 e. The molecule has 0 spiro atoms. The van der Waals surface area contributed by atoms with Crippen molar-refractivity contribution in [2.24, 2.45) is 10.9 Å². The van der Waals surface area contributed by atoms with Gasteiger partial charge in [-0.05, 0) is 43.4 Å². The highest BCUT2D eigenvalue weighted by atomic mass is 32.2. The van der Waals surface area contributed by atoms with E-state index in [0.717, 1.165) is 23.2 Å². The molecule has 2 amide bonds. The average molecular weight is 347 g/mol. The molecule has 5 nitrogen and oxygen atoms in total. The summed E-state index contributed by atoms with van der Waals surface area (Å²) in [5, 5.41) is 5.80. The highest BCUT2D eigenvalue weighted by Gasteiger charge is 2.32. The molecule has 1 atom stereocenters. The average Bonchev–Trinajstić information content (AvgIpc) is 2.82. The molecule has 0 aliphatic carbocycles. The van der Waals surface area contributed by atoms with Gasteiger partial charge in [0, 0.05) is 13.0 Å². The third-order valence-corrected chi connectivity index (χ3v) is 4.86. The molecule has 2 N–H and O–H groups in total. The highest BCUT2D eigenvalue weighted by molar-refractivity contribution is 8.15. The number of carbonyl (C=O) groups excluding carboxylic acids is 2. The van der Waals surface area contributed by atoms with Crippen LogP contribution in [0.4, 0.5) is 5.69 Å². The van der Waals surface area contributed by atoms with Crippen molar-refractivity contribution in [1.29, 1.82) is 0 Å². The molecule has 1 aliphatic rings. The van der Waals surface area contributed by atoms with E-state index < -0.39 is 5.25 Å². The maximum absolute atomic E-state index is 12.1. The van der Waals surface area contributed by atoms with E-state index in [2.05, 4.69) is 29.5 Å². The number of hydrogen-bond acceptors (Lipinski definition) is 4. The molecule has 0 bridgehead atoms. The zero-order valence-electron chi connectivity index (χ0n) is 14.7. The molecule has 0 radical (unpaired) electrons. The van der Waals surface area contributed by atoms with Gasteiger partial charge in [0.2, 0.25) is 11.8 Å². The molecule has 24 heavy (non-hydrogen) atoms. The quantitative estimate of drug-likeness (QED) is 0.831. The Labute approximate surface area is 147 Å². The highest BCUT2D eigenvalue weighted by Crippen LogP contribution is 2.27. The Morgan fingerprint density at radius 1 is 1.38 bits per heavy atom. The van der Waals surface area contributed by atoms with Gasteiger partial charge in [0.15, 0.2) is 5.17 Å². The first-order chi connectivity index (χ1) is 11.3. The minimum Gasteiger partial charge on any atom is -0.356 e. The van der Waals surface area contributed by atoms with Gasteiger partial charge in [0.05, 0.1) is 5.69 Å². The van der Waals surface area contributed by atoms with Gasteiger partial charge < -0.3 is 10.6 Å². The maximum Gasteiger partial charge on any atom is 0.240 e. The van der Waals surface area contributed by atoms with Crippen molar-refractivity contribution in [2.45, 2.75) is 45.8 Å². The maximum atomic E-state index is 12.1. The molecule has 1 fully saturated rings. The molecule has 1 aliphatic heterocycles. The molecule has 130 valence electrons. The Kier molecular flexibility index (Phi) is 6.43. The molecular formula is C18H25N3O2S. The lowest BCUT2D eigenvalue weighted by Gasteiger charge is -2.08. The van der Waals surface area contributed by atoms with Gasteiger partial charge in [-0.25, -0.2) is 4.99 Å². The van der Waals surface area contributed by atoms with E-state index in [1.54, 1.807) is 0 Å². The molecule has 1 aromatic carbocycles. The van der Waals surface area contributed by atoms with Crippen molar-refractivity contribution in [3.8, 4) is 0 Å². The summed E-state index contributed by atoms with van der Waals surface area (Å²) in [6.07, 6.45) is 1.12. The van der Waals surface area contributed by atoms with Crippen LogP contribution in [-0.4, -0.2) is 28.8 Å². The lowest BCUT2D eigenvalue weighted by atomic mass is 10.1. The van der Waals surface area contributed by atoms with E-state index in [-0.39, 0.29) is 18.2 Å². The minimum absolute atomic E-state index is 0.0868. The summed E-state index contributed by atoms with van der Waals surface area (Å²) in [4.78, 5) is 28.5. The predicted molar refractivity (Wildman–Crippen MR) is 99.6 cm³/mol. The second-order valence-electron chi connectivity index (χ2n) is 6.54. The van der Waals surface area contributed by atoms with Crippen LogP contribution in [0.1, 0.15) is 37.8 Å². The van der Waals surface area contributed by atoms with Crippen LogP contribution in [0.5, 0.6) is 0 Å². The normalized spacial score (nSPS) is 19.0. The van der Waals surface area contributed by atoms with Gasteiger partial charge in [-0.3, -0.25) is 9.59 Å². The lowest BCUT2D eigenvalue weighted by Crippen LogP contribution is -2.32. The van der Waals surface area contributed by atoms with Crippen molar-refractivity contribution in [1.82, 2.24) is 10.6 Å². The Hall–Kier alpha value is -1.82. The van der Waals surface area contributed by atoms with Crippen LogP contribution in [0, 0.1) is 19.8 Å². The van der Waals surface area contributed by atoms with E-state index in [4.69, 9.17) is 0 Å². The van der Waals surface area contributed by atoms with Crippen molar-refractivity contribution < 1.29 is 9.59 Å². The van der Waals surface area contributed by atoms with Crippen LogP contribution in [0.3, 0.4) is 0 Å². The van der Waals surface area contributed by atoms with Crippen LogP contribution in [0.2, 0.25) is 0 Å². The van der Waals surface area contributed by atoms with Crippen molar-refractivity contribution >= 4 is 34.4 Å². The van der Waals surface area contributed by atoms with Crippen molar-refractivity contribution in [2.75, 3.05) is 6.54 Å². The van der Waals surface area contributed by atoms with Gasteiger partial charge in [-0.15, -0.1) is 0 Å². The number of thioether (sulfide) groups is 1. The van der Waals surface area contributed by atoms with E-state index >= 15 is 0 Å².